The van der Waals surface area contributed by atoms with Crippen molar-refractivity contribution >= 4 is 11.8 Å². The monoisotopic (exact) mass is 447 g/mol. The standard InChI is InChI=1S/C25H26FN5O2/c26-21-8-4-5-17(13-21)14-27-24(32)20-9-10-22-28-29-23(31(22)16-20)19-11-12-30(15-19)25(33)18-6-2-1-3-7-18/h1-8,13,19-20H,9-12,14-16H2,(H,27,32)/t19-,20+/m1/s1. The van der Waals surface area contributed by atoms with E-state index < -0.39 is 0 Å². The lowest BCUT2D eigenvalue weighted by atomic mass is 9.97. The Morgan fingerprint density at radius 1 is 1.03 bits per heavy atom. The highest BCUT2D eigenvalue weighted by atomic mass is 19.1. The molecule has 5 rings (SSSR count). The van der Waals surface area contributed by atoms with E-state index in [2.05, 4.69) is 20.1 Å². The predicted octanol–water partition coefficient (Wildman–Crippen LogP) is 2.93. The fraction of sp³-hybridized carbons (Fsp3) is 0.360. The van der Waals surface area contributed by atoms with Crippen molar-refractivity contribution < 1.29 is 14.0 Å². The topological polar surface area (TPSA) is 80.1 Å². The van der Waals surface area contributed by atoms with Gasteiger partial charge in [0, 0.05) is 44.1 Å². The number of nitrogens with zero attached hydrogens (tertiary/aromatic N) is 4. The summed E-state index contributed by atoms with van der Waals surface area (Å²) < 4.78 is 15.5. The van der Waals surface area contributed by atoms with Crippen LogP contribution >= 0.6 is 0 Å². The summed E-state index contributed by atoms with van der Waals surface area (Å²) in [6, 6.07) is 15.6. The minimum atomic E-state index is -0.311. The number of carbonyl (C=O) groups excluding carboxylic acids is 2. The van der Waals surface area contributed by atoms with E-state index in [9.17, 15) is 14.0 Å². The second-order valence-corrected chi connectivity index (χ2v) is 8.77. The van der Waals surface area contributed by atoms with Crippen LogP contribution in [-0.2, 0) is 24.3 Å². The molecule has 2 aliphatic heterocycles. The zero-order chi connectivity index (χ0) is 22.8. The minimum Gasteiger partial charge on any atom is -0.352 e. The average Bonchev–Trinajstić information content (AvgIpc) is 3.49. The number of rotatable bonds is 5. The number of benzene rings is 2. The second kappa shape index (κ2) is 9.13. The average molecular weight is 448 g/mol. The van der Waals surface area contributed by atoms with Gasteiger partial charge >= 0.3 is 0 Å². The van der Waals surface area contributed by atoms with Crippen molar-refractivity contribution in [2.24, 2.45) is 5.92 Å². The van der Waals surface area contributed by atoms with Crippen molar-refractivity contribution in [3.05, 3.63) is 83.2 Å². The van der Waals surface area contributed by atoms with Crippen LogP contribution in [0.15, 0.2) is 54.6 Å². The molecular weight excluding hydrogens is 421 g/mol. The van der Waals surface area contributed by atoms with Gasteiger partial charge in [-0.2, -0.15) is 0 Å². The van der Waals surface area contributed by atoms with E-state index in [0.29, 0.717) is 44.6 Å². The lowest BCUT2D eigenvalue weighted by Gasteiger charge is -2.25. The molecule has 0 radical (unpaired) electrons. The van der Waals surface area contributed by atoms with Gasteiger partial charge in [-0.25, -0.2) is 4.39 Å². The maximum Gasteiger partial charge on any atom is 0.253 e. The first-order chi connectivity index (χ1) is 16.1. The highest BCUT2D eigenvalue weighted by Gasteiger charge is 2.34. The third kappa shape index (κ3) is 4.51. The van der Waals surface area contributed by atoms with Crippen LogP contribution in [0.25, 0.3) is 0 Å². The normalized spacial score (nSPS) is 19.8. The third-order valence-electron chi connectivity index (χ3n) is 6.56. The summed E-state index contributed by atoms with van der Waals surface area (Å²) in [4.78, 5) is 27.5. The smallest absolute Gasteiger partial charge is 0.253 e. The second-order valence-electron chi connectivity index (χ2n) is 8.77. The van der Waals surface area contributed by atoms with Gasteiger partial charge in [-0.05, 0) is 42.7 Å². The van der Waals surface area contributed by atoms with E-state index in [4.69, 9.17) is 0 Å². The van der Waals surface area contributed by atoms with E-state index in [0.717, 1.165) is 23.6 Å². The van der Waals surface area contributed by atoms with Gasteiger partial charge in [-0.15, -0.1) is 10.2 Å². The lowest BCUT2D eigenvalue weighted by Crippen LogP contribution is -2.36. The summed E-state index contributed by atoms with van der Waals surface area (Å²) >= 11 is 0. The molecular formula is C25H26FN5O2. The summed E-state index contributed by atoms with van der Waals surface area (Å²) in [5, 5.41) is 11.7. The molecule has 0 unspecified atom stereocenters. The van der Waals surface area contributed by atoms with Gasteiger partial charge in [0.1, 0.15) is 17.5 Å². The summed E-state index contributed by atoms with van der Waals surface area (Å²) in [5.74, 6) is 1.35. The highest BCUT2D eigenvalue weighted by molar-refractivity contribution is 5.94. The Bertz CT molecular complexity index is 1160. The number of hydrogen-bond donors (Lipinski definition) is 1. The lowest BCUT2D eigenvalue weighted by molar-refractivity contribution is -0.126. The van der Waals surface area contributed by atoms with Crippen LogP contribution < -0.4 is 5.32 Å². The number of carbonyl (C=O) groups is 2. The van der Waals surface area contributed by atoms with Gasteiger partial charge < -0.3 is 14.8 Å². The molecule has 0 bridgehead atoms. The van der Waals surface area contributed by atoms with E-state index in [1.54, 1.807) is 12.1 Å². The first-order valence-electron chi connectivity index (χ1n) is 11.4. The number of hydrogen-bond acceptors (Lipinski definition) is 4. The maximum atomic E-state index is 13.4. The van der Waals surface area contributed by atoms with Gasteiger partial charge in [0.05, 0.1) is 5.92 Å². The first kappa shape index (κ1) is 21.3. The van der Waals surface area contributed by atoms with Crippen molar-refractivity contribution in [1.29, 1.82) is 0 Å². The van der Waals surface area contributed by atoms with Gasteiger partial charge in [-0.1, -0.05) is 30.3 Å². The maximum absolute atomic E-state index is 13.4. The molecule has 1 fully saturated rings. The van der Waals surface area contributed by atoms with Crippen LogP contribution in [0.5, 0.6) is 0 Å². The van der Waals surface area contributed by atoms with Gasteiger partial charge in [0.25, 0.3) is 5.91 Å². The number of halogens is 1. The van der Waals surface area contributed by atoms with Gasteiger partial charge in [0.2, 0.25) is 5.91 Å². The highest BCUT2D eigenvalue weighted by Crippen LogP contribution is 2.30. The SMILES string of the molecule is O=C(NCc1cccc(F)c1)[C@H]1CCc2nnc([C@@H]3CCN(C(=O)c4ccccc4)C3)n2C1. The van der Waals surface area contributed by atoms with Crippen LogP contribution in [0.3, 0.4) is 0 Å². The van der Waals surface area contributed by atoms with E-state index in [-0.39, 0.29) is 29.5 Å². The largest absolute Gasteiger partial charge is 0.352 e. The van der Waals surface area contributed by atoms with Crippen molar-refractivity contribution in [3.63, 3.8) is 0 Å². The number of amides is 2. The summed E-state index contributed by atoms with van der Waals surface area (Å²) in [7, 11) is 0. The van der Waals surface area contributed by atoms with Gasteiger partial charge in [0.15, 0.2) is 0 Å². The Hall–Kier alpha value is -3.55. The van der Waals surface area contributed by atoms with Crippen LogP contribution in [0.2, 0.25) is 0 Å². The molecule has 7 nitrogen and oxygen atoms in total. The van der Waals surface area contributed by atoms with E-state index in [1.807, 2.05) is 35.2 Å². The molecule has 0 spiro atoms. The quantitative estimate of drug-likeness (QED) is 0.652. The number of nitrogens with one attached hydrogen (secondary N) is 1. The molecule has 1 aromatic heterocycles. The molecule has 2 atom stereocenters. The molecule has 3 aromatic rings. The molecule has 0 aliphatic carbocycles. The molecule has 170 valence electrons. The molecule has 33 heavy (non-hydrogen) atoms. The third-order valence-corrected chi connectivity index (χ3v) is 6.56. The summed E-state index contributed by atoms with van der Waals surface area (Å²) in [5.41, 5.74) is 1.43. The van der Waals surface area contributed by atoms with Gasteiger partial charge in [-0.3, -0.25) is 9.59 Å². The zero-order valence-electron chi connectivity index (χ0n) is 18.3. The molecule has 3 heterocycles. The molecule has 2 amide bonds. The molecule has 8 heteroatoms. The van der Waals surface area contributed by atoms with Crippen LogP contribution in [0.4, 0.5) is 4.39 Å². The van der Waals surface area contributed by atoms with Crippen molar-refractivity contribution in [3.8, 4) is 0 Å². The number of aryl methyl sites for hydroxylation is 1. The van der Waals surface area contributed by atoms with Crippen LogP contribution in [0, 0.1) is 11.7 Å². The number of likely N-dealkylation sites (tertiary alicyclic amines) is 1. The molecule has 1 N–H and O–H groups in total. The molecule has 1 saturated heterocycles. The summed E-state index contributed by atoms with van der Waals surface area (Å²) in [6.45, 7) is 2.10. The fourth-order valence-corrected chi connectivity index (χ4v) is 4.76. The van der Waals surface area contributed by atoms with Crippen molar-refractivity contribution in [2.45, 2.75) is 38.3 Å². The fourth-order valence-electron chi connectivity index (χ4n) is 4.76. The Kier molecular flexibility index (Phi) is 5.90. The molecule has 0 saturated carbocycles. The van der Waals surface area contributed by atoms with E-state index in [1.165, 1.54) is 12.1 Å². The predicted molar refractivity (Wildman–Crippen MR) is 120 cm³/mol. The van der Waals surface area contributed by atoms with Crippen LogP contribution in [-0.4, -0.2) is 44.6 Å². The number of fused-ring (bicyclic) bond motifs is 1. The molecule has 2 aliphatic rings. The Balaban J connectivity index is 1.23. The summed E-state index contributed by atoms with van der Waals surface area (Å²) in [6.07, 6.45) is 2.22. The van der Waals surface area contributed by atoms with Crippen LogP contribution in [0.1, 0.15) is 46.3 Å². The van der Waals surface area contributed by atoms with Crippen molar-refractivity contribution in [2.75, 3.05) is 13.1 Å². The first-order valence-corrected chi connectivity index (χ1v) is 11.4. The Morgan fingerprint density at radius 2 is 1.88 bits per heavy atom. The van der Waals surface area contributed by atoms with E-state index >= 15 is 0 Å². The molecule has 2 aromatic carbocycles. The zero-order valence-corrected chi connectivity index (χ0v) is 18.3. The number of aromatic nitrogens is 3. The van der Waals surface area contributed by atoms with Crippen molar-refractivity contribution in [1.82, 2.24) is 25.0 Å². The Morgan fingerprint density at radius 3 is 2.70 bits per heavy atom. The Labute approximate surface area is 191 Å². The minimum absolute atomic E-state index is 0.0334.